The highest BCUT2D eigenvalue weighted by atomic mass is 35.5. The maximum absolute atomic E-state index is 9.46. The van der Waals surface area contributed by atoms with Gasteiger partial charge in [0.1, 0.15) is 11.8 Å². The molecule has 1 aromatic carbocycles. The van der Waals surface area contributed by atoms with Gasteiger partial charge in [-0.05, 0) is 17.7 Å². The smallest absolute Gasteiger partial charge is 0.110 e. The molecule has 3 heteroatoms. The van der Waals surface area contributed by atoms with Crippen LogP contribution in [0.1, 0.15) is 18.9 Å². The second kappa shape index (κ2) is 4.69. The van der Waals surface area contributed by atoms with Crippen molar-refractivity contribution in [2.75, 3.05) is 0 Å². The molecule has 0 saturated carbocycles. The number of allylic oxidation sites excluding steroid dienone is 2. The monoisotopic (exact) mass is 207 g/mol. The van der Waals surface area contributed by atoms with Crippen LogP contribution in [-0.2, 0) is 0 Å². The van der Waals surface area contributed by atoms with Gasteiger partial charge >= 0.3 is 0 Å². The van der Waals surface area contributed by atoms with Crippen molar-refractivity contribution in [1.29, 1.82) is 5.26 Å². The lowest BCUT2D eigenvalue weighted by Crippen LogP contribution is -1.88. The summed E-state index contributed by atoms with van der Waals surface area (Å²) in [5.41, 5.74) is 1.00. The van der Waals surface area contributed by atoms with Crippen molar-refractivity contribution in [2.24, 2.45) is 0 Å². The van der Waals surface area contributed by atoms with Crippen LogP contribution in [0, 0.1) is 11.3 Å². The number of aliphatic hydroxyl groups is 1. The van der Waals surface area contributed by atoms with Gasteiger partial charge in [-0.3, -0.25) is 0 Å². The molecule has 0 heterocycles. The van der Waals surface area contributed by atoms with E-state index in [1.165, 1.54) is 0 Å². The molecular formula is C11H10ClNO. The molecule has 0 aliphatic rings. The average Bonchev–Trinajstić information content (AvgIpc) is 2.21. The van der Waals surface area contributed by atoms with Crippen molar-refractivity contribution in [3.8, 4) is 6.07 Å². The Labute approximate surface area is 88.1 Å². The van der Waals surface area contributed by atoms with Crippen molar-refractivity contribution in [3.05, 3.63) is 40.6 Å². The summed E-state index contributed by atoms with van der Waals surface area (Å²) < 4.78 is 0. The van der Waals surface area contributed by atoms with Crippen LogP contribution >= 0.6 is 11.6 Å². The van der Waals surface area contributed by atoms with Crippen molar-refractivity contribution in [1.82, 2.24) is 0 Å². The highest BCUT2D eigenvalue weighted by molar-refractivity contribution is 6.30. The maximum atomic E-state index is 9.46. The van der Waals surface area contributed by atoms with Gasteiger partial charge in [0.2, 0.25) is 0 Å². The molecule has 1 aromatic rings. The summed E-state index contributed by atoms with van der Waals surface area (Å²) in [6.45, 7) is 1.79. The quantitative estimate of drug-likeness (QED) is 0.596. The van der Waals surface area contributed by atoms with Crippen molar-refractivity contribution in [2.45, 2.75) is 13.3 Å². The Bertz CT molecular complexity index is 387. The topological polar surface area (TPSA) is 44.0 Å². The first-order valence-corrected chi connectivity index (χ1v) is 4.65. The van der Waals surface area contributed by atoms with Crippen LogP contribution < -0.4 is 0 Å². The van der Waals surface area contributed by atoms with Crippen molar-refractivity contribution >= 4 is 17.2 Å². The molecule has 1 rings (SSSR count). The predicted molar refractivity (Wildman–Crippen MR) is 56.9 cm³/mol. The fourth-order valence-electron chi connectivity index (χ4n) is 1.09. The zero-order valence-electron chi connectivity index (χ0n) is 7.79. The van der Waals surface area contributed by atoms with Gasteiger partial charge in [0.05, 0.1) is 5.57 Å². The lowest BCUT2D eigenvalue weighted by molar-refractivity contribution is 0.398. The number of hydrogen-bond acceptors (Lipinski definition) is 2. The molecule has 0 bridgehead atoms. The largest absolute Gasteiger partial charge is 0.511 e. The summed E-state index contributed by atoms with van der Waals surface area (Å²) in [5, 5.41) is 18.9. The fourth-order valence-corrected chi connectivity index (χ4v) is 1.22. The molecule has 14 heavy (non-hydrogen) atoms. The number of aliphatic hydroxyl groups excluding tert-OH is 1. The maximum Gasteiger partial charge on any atom is 0.110 e. The third kappa shape index (κ3) is 2.27. The minimum absolute atomic E-state index is 0.106. The van der Waals surface area contributed by atoms with Crippen LogP contribution in [0.15, 0.2) is 30.0 Å². The highest BCUT2D eigenvalue weighted by Gasteiger charge is 2.05. The van der Waals surface area contributed by atoms with E-state index in [4.69, 9.17) is 16.9 Å². The third-order valence-electron chi connectivity index (χ3n) is 1.87. The van der Waals surface area contributed by atoms with E-state index in [0.717, 1.165) is 0 Å². The van der Waals surface area contributed by atoms with E-state index in [2.05, 4.69) is 0 Å². The number of benzene rings is 1. The summed E-state index contributed by atoms with van der Waals surface area (Å²) in [4.78, 5) is 0. The van der Waals surface area contributed by atoms with E-state index in [1.807, 2.05) is 6.07 Å². The van der Waals surface area contributed by atoms with E-state index in [-0.39, 0.29) is 5.76 Å². The van der Waals surface area contributed by atoms with Gasteiger partial charge in [-0.15, -0.1) is 0 Å². The Hall–Kier alpha value is -1.46. The van der Waals surface area contributed by atoms with Gasteiger partial charge in [-0.1, -0.05) is 30.7 Å². The lowest BCUT2D eigenvalue weighted by atomic mass is 10.1. The van der Waals surface area contributed by atoms with Gasteiger partial charge in [0.15, 0.2) is 0 Å². The molecule has 0 atom stereocenters. The Balaban J connectivity index is 3.16. The Morgan fingerprint density at radius 2 is 2.00 bits per heavy atom. The predicted octanol–water partition coefficient (Wildman–Crippen LogP) is 3.54. The molecule has 0 radical (unpaired) electrons. The van der Waals surface area contributed by atoms with Gasteiger partial charge < -0.3 is 5.11 Å². The minimum atomic E-state index is 0.106. The summed E-state index contributed by atoms with van der Waals surface area (Å²) in [7, 11) is 0. The SMILES string of the molecule is CC/C(O)=C(\C#N)c1ccc(Cl)cc1. The van der Waals surface area contributed by atoms with Gasteiger partial charge in [0, 0.05) is 11.4 Å². The van der Waals surface area contributed by atoms with Crippen molar-refractivity contribution in [3.63, 3.8) is 0 Å². The molecule has 2 nitrogen and oxygen atoms in total. The molecule has 72 valence electrons. The minimum Gasteiger partial charge on any atom is -0.511 e. The van der Waals surface area contributed by atoms with Crippen LogP contribution in [0.3, 0.4) is 0 Å². The number of rotatable bonds is 2. The summed E-state index contributed by atoms with van der Waals surface area (Å²) in [6, 6.07) is 8.79. The van der Waals surface area contributed by atoms with Crippen LogP contribution in [-0.4, -0.2) is 5.11 Å². The number of hydrogen-bond donors (Lipinski definition) is 1. The molecule has 0 saturated heterocycles. The third-order valence-corrected chi connectivity index (χ3v) is 2.12. The molecule has 0 unspecified atom stereocenters. The van der Waals surface area contributed by atoms with Gasteiger partial charge in [-0.2, -0.15) is 5.26 Å². The van der Waals surface area contributed by atoms with Crippen LogP contribution in [0.5, 0.6) is 0 Å². The molecule has 0 amide bonds. The summed E-state index contributed by atoms with van der Waals surface area (Å²) >= 11 is 5.71. The number of nitriles is 1. The second-order valence-corrected chi connectivity index (χ2v) is 3.23. The molecule has 0 aliphatic heterocycles. The molecule has 0 fully saturated rings. The Morgan fingerprint density at radius 1 is 1.43 bits per heavy atom. The average molecular weight is 208 g/mol. The fraction of sp³-hybridized carbons (Fsp3) is 0.182. The van der Waals surface area contributed by atoms with Crippen molar-refractivity contribution < 1.29 is 5.11 Å². The Kier molecular flexibility index (Phi) is 3.55. The van der Waals surface area contributed by atoms with Crippen LogP contribution in [0.4, 0.5) is 0 Å². The molecule has 0 aromatic heterocycles. The van der Waals surface area contributed by atoms with Gasteiger partial charge in [-0.25, -0.2) is 0 Å². The van der Waals surface area contributed by atoms with E-state index < -0.39 is 0 Å². The van der Waals surface area contributed by atoms with Gasteiger partial charge in [0.25, 0.3) is 0 Å². The molecule has 0 aliphatic carbocycles. The van der Waals surface area contributed by atoms with E-state index >= 15 is 0 Å². The number of nitrogens with zero attached hydrogens (tertiary/aromatic N) is 1. The normalized spacial score (nSPS) is 11.8. The molecular weight excluding hydrogens is 198 g/mol. The molecule has 1 N–H and O–H groups in total. The van der Waals surface area contributed by atoms with Crippen LogP contribution in [0.25, 0.3) is 5.57 Å². The first kappa shape index (κ1) is 10.6. The highest BCUT2D eigenvalue weighted by Crippen LogP contribution is 2.20. The zero-order valence-corrected chi connectivity index (χ0v) is 8.54. The summed E-state index contributed by atoms with van der Waals surface area (Å²) in [5.74, 6) is 0.106. The van der Waals surface area contributed by atoms with E-state index in [0.29, 0.717) is 22.6 Å². The second-order valence-electron chi connectivity index (χ2n) is 2.79. The number of halogens is 1. The first-order chi connectivity index (χ1) is 6.69. The van der Waals surface area contributed by atoms with E-state index in [1.54, 1.807) is 31.2 Å². The summed E-state index contributed by atoms with van der Waals surface area (Å²) in [6.07, 6.45) is 0.450. The van der Waals surface area contributed by atoms with Crippen LogP contribution in [0.2, 0.25) is 5.02 Å². The Morgan fingerprint density at radius 3 is 2.43 bits per heavy atom. The lowest BCUT2D eigenvalue weighted by Gasteiger charge is -2.01. The first-order valence-electron chi connectivity index (χ1n) is 4.27. The van der Waals surface area contributed by atoms with E-state index in [9.17, 15) is 5.11 Å². The molecule has 0 spiro atoms. The standard InChI is InChI=1S/C11H10ClNO/c1-2-11(14)10(7-13)8-3-5-9(12)6-4-8/h3-6,14H,2H2,1H3/b11-10-. The zero-order chi connectivity index (χ0) is 10.6.